The number of esters is 1. The van der Waals surface area contributed by atoms with Crippen LogP contribution in [0.3, 0.4) is 0 Å². The van der Waals surface area contributed by atoms with Crippen LogP contribution in [0.25, 0.3) is 0 Å². The fourth-order valence-corrected chi connectivity index (χ4v) is 3.36. The highest BCUT2D eigenvalue weighted by Gasteiger charge is 2.26. The van der Waals surface area contributed by atoms with Gasteiger partial charge < -0.3 is 10.1 Å². The molecule has 1 heterocycles. The van der Waals surface area contributed by atoms with Gasteiger partial charge in [-0.05, 0) is 38.5 Å². The third kappa shape index (κ3) is 5.19. The van der Waals surface area contributed by atoms with E-state index in [1.165, 1.54) is 18.5 Å². The molecule has 3 rings (SSSR count). The summed E-state index contributed by atoms with van der Waals surface area (Å²) >= 11 is 6.38. The smallest absolute Gasteiger partial charge is 0.343 e. The van der Waals surface area contributed by atoms with E-state index >= 15 is 0 Å². The van der Waals surface area contributed by atoms with E-state index in [-0.39, 0.29) is 16.5 Å². The quantitative estimate of drug-likeness (QED) is 0.438. The number of nitrogens with zero attached hydrogens (tertiary/aromatic N) is 2. The summed E-state index contributed by atoms with van der Waals surface area (Å²) < 4.78 is 6.83. The van der Waals surface area contributed by atoms with E-state index in [1.54, 1.807) is 31.2 Å². The van der Waals surface area contributed by atoms with Gasteiger partial charge in [0.25, 0.3) is 5.91 Å². The van der Waals surface area contributed by atoms with Crippen molar-refractivity contribution in [1.29, 1.82) is 0 Å². The fraction of sp³-hybridized carbons (Fsp3) is 0.217. The number of halogens is 1. The number of aryl methyl sites for hydroxylation is 1. The Kier molecular flexibility index (Phi) is 6.87. The molecule has 0 aliphatic rings. The normalized spacial score (nSPS) is 11.6. The number of amides is 1. The molecule has 3 aromatic rings. The Morgan fingerprint density at radius 3 is 2.42 bits per heavy atom. The van der Waals surface area contributed by atoms with Crippen molar-refractivity contribution in [3.8, 4) is 0 Å². The maximum Gasteiger partial charge on any atom is 0.343 e. The van der Waals surface area contributed by atoms with Crippen LogP contribution in [0.5, 0.6) is 0 Å². The molecule has 0 aliphatic heterocycles. The summed E-state index contributed by atoms with van der Waals surface area (Å²) in [4.78, 5) is 36.9. The molecule has 0 aliphatic carbocycles. The van der Waals surface area contributed by atoms with Crippen LogP contribution in [0.2, 0.25) is 5.15 Å². The van der Waals surface area contributed by atoms with E-state index in [0.29, 0.717) is 23.5 Å². The van der Waals surface area contributed by atoms with Crippen LogP contribution in [-0.4, -0.2) is 33.5 Å². The Bertz CT molecular complexity index is 1130. The summed E-state index contributed by atoms with van der Waals surface area (Å²) in [5.41, 5.74) is 2.22. The van der Waals surface area contributed by atoms with Crippen LogP contribution in [0.15, 0.2) is 54.6 Å². The van der Waals surface area contributed by atoms with Crippen LogP contribution in [0, 0.1) is 6.92 Å². The molecule has 0 unspecified atom stereocenters. The van der Waals surface area contributed by atoms with Gasteiger partial charge in [-0.15, -0.1) is 0 Å². The molecule has 0 saturated heterocycles. The van der Waals surface area contributed by atoms with Gasteiger partial charge in [0.15, 0.2) is 11.9 Å². The fourth-order valence-electron chi connectivity index (χ4n) is 3.05. The molecule has 8 heteroatoms. The lowest BCUT2D eigenvalue weighted by Crippen LogP contribution is -2.30. The van der Waals surface area contributed by atoms with E-state index in [1.807, 2.05) is 30.3 Å². The van der Waals surface area contributed by atoms with Crippen LogP contribution < -0.4 is 5.32 Å². The van der Waals surface area contributed by atoms with Crippen LogP contribution in [0.4, 0.5) is 5.69 Å². The number of carbonyl (C=O) groups is 3. The molecule has 160 valence electrons. The molecular weight excluding hydrogens is 418 g/mol. The monoisotopic (exact) mass is 439 g/mol. The topological polar surface area (TPSA) is 90.3 Å². The van der Waals surface area contributed by atoms with Gasteiger partial charge in [-0.25, -0.2) is 9.48 Å². The number of ether oxygens (including phenoxy) is 1. The number of ketones is 1. The number of para-hydroxylation sites is 1. The number of hydrogen-bond donors (Lipinski definition) is 1. The first-order chi connectivity index (χ1) is 14.8. The number of aromatic nitrogens is 2. The van der Waals surface area contributed by atoms with E-state index in [4.69, 9.17) is 16.3 Å². The van der Waals surface area contributed by atoms with Crippen LogP contribution in [-0.2, 0) is 16.1 Å². The van der Waals surface area contributed by atoms with E-state index in [9.17, 15) is 14.4 Å². The Hall–Kier alpha value is -3.45. The summed E-state index contributed by atoms with van der Waals surface area (Å²) in [5, 5.41) is 7.09. The lowest BCUT2D eigenvalue weighted by molar-refractivity contribution is -0.123. The molecule has 2 aromatic carbocycles. The number of rotatable bonds is 7. The van der Waals surface area contributed by atoms with Gasteiger partial charge in [0.05, 0.1) is 17.9 Å². The molecule has 31 heavy (non-hydrogen) atoms. The predicted molar refractivity (Wildman–Crippen MR) is 117 cm³/mol. The zero-order valence-corrected chi connectivity index (χ0v) is 18.1. The second-order valence-corrected chi connectivity index (χ2v) is 7.39. The van der Waals surface area contributed by atoms with Gasteiger partial charge in [0.2, 0.25) is 0 Å². The molecule has 1 aromatic heterocycles. The Balaban J connectivity index is 1.71. The SMILES string of the molecule is CC(=O)c1ccccc1NC(=O)[C@@H](C)OC(=O)c1c(C)nn(Cc2ccccc2)c1Cl. The zero-order chi connectivity index (χ0) is 22.5. The number of Topliss-reactive ketones (excluding diaryl/α,β-unsaturated/α-hetero) is 1. The molecular formula is C23H22ClN3O4. The highest BCUT2D eigenvalue weighted by atomic mass is 35.5. The lowest BCUT2D eigenvalue weighted by Gasteiger charge is -2.15. The average Bonchev–Trinajstić information content (AvgIpc) is 3.01. The van der Waals surface area contributed by atoms with Crippen molar-refractivity contribution in [2.75, 3.05) is 5.32 Å². The number of benzene rings is 2. The van der Waals surface area contributed by atoms with Crippen molar-refractivity contribution in [2.45, 2.75) is 33.4 Å². The van der Waals surface area contributed by atoms with Gasteiger partial charge in [-0.1, -0.05) is 54.1 Å². The highest BCUT2D eigenvalue weighted by Crippen LogP contribution is 2.23. The second-order valence-electron chi connectivity index (χ2n) is 7.03. The van der Waals surface area contributed by atoms with E-state index < -0.39 is 18.0 Å². The lowest BCUT2D eigenvalue weighted by atomic mass is 10.1. The standard InChI is InChI=1S/C23H22ClN3O4/c1-14-20(21(24)27(26-14)13-17-9-5-4-6-10-17)23(30)31-16(3)22(29)25-19-12-8-7-11-18(19)15(2)28/h4-12,16H,13H2,1-3H3,(H,25,29)/t16-/m1/s1. The number of hydrogen-bond acceptors (Lipinski definition) is 5. The summed E-state index contributed by atoms with van der Waals surface area (Å²) in [6, 6.07) is 16.2. The molecule has 0 bridgehead atoms. The third-order valence-corrected chi connectivity index (χ3v) is 5.05. The number of nitrogens with one attached hydrogen (secondary N) is 1. The summed E-state index contributed by atoms with van der Waals surface area (Å²) in [6.45, 7) is 4.90. The second kappa shape index (κ2) is 9.57. The first-order valence-electron chi connectivity index (χ1n) is 9.66. The summed E-state index contributed by atoms with van der Waals surface area (Å²) in [5.74, 6) is -1.49. The molecule has 1 N–H and O–H groups in total. The predicted octanol–water partition coefficient (Wildman–Crippen LogP) is 4.28. The molecule has 7 nitrogen and oxygen atoms in total. The minimum absolute atomic E-state index is 0.112. The van der Waals surface area contributed by atoms with Gasteiger partial charge in [-0.2, -0.15) is 5.10 Å². The maximum atomic E-state index is 12.7. The number of carbonyl (C=O) groups excluding carboxylic acids is 3. The van der Waals surface area contributed by atoms with Gasteiger partial charge >= 0.3 is 5.97 Å². The third-order valence-electron chi connectivity index (χ3n) is 4.66. The number of anilines is 1. The van der Waals surface area contributed by atoms with Crippen molar-refractivity contribution in [3.05, 3.63) is 82.1 Å². The van der Waals surface area contributed by atoms with E-state index in [2.05, 4.69) is 10.4 Å². The largest absolute Gasteiger partial charge is 0.449 e. The molecule has 0 radical (unpaired) electrons. The summed E-state index contributed by atoms with van der Waals surface area (Å²) in [7, 11) is 0. The molecule has 1 amide bonds. The Morgan fingerprint density at radius 1 is 1.10 bits per heavy atom. The molecule has 0 fully saturated rings. The van der Waals surface area contributed by atoms with Crippen molar-refractivity contribution in [2.24, 2.45) is 0 Å². The highest BCUT2D eigenvalue weighted by molar-refractivity contribution is 6.32. The molecule has 0 saturated carbocycles. The van der Waals surface area contributed by atoms with Crippen molar-refractivity contribution in [1.82, 2.24) is 9.78 Å². The zero-order valence-electron chi connectivity index (χ0n) is 17.4. The van der Waals surface area contributed by atoms with Crippen molar-refractivity contribution in [3.63, 3.8) is 0 Å². The van der Waals surface area contributed by atoms with Crippen LogP contribution in [0.1, 0.15) is 45.8 Å². The summed E-state index contributed by atoms with van der Waals surface area (Å²) in [6.07, 6.45) is -1.11. The first kappa shape index (κ1) is 22.2. The first-order valence-corrected chi connectivity index (χ1v) is 10.0. The minimum Gasteiger partial charge on any atom is -0.449 e. The Labute approximate surface area is 185 Å². The minimum atomic E-state index is -1.11. The Morgan fingerprint density at radius 2 is 1.74 bits per heavy atom. The molecule has 0 spiro atoms. The maximum absolute atomic E-state index is 12.7. The van der Waals surface area contributed by atoms with Crippen LogP contribution >= 0.6 is 11.6 Å². The molecule has 1 atom stereocenters. The van der Waals surface area contributed by atoms with Gasteiger partial charge in [0, 0.05) is 5.56 Å². The van der Waals surface area contributed by atoms with Crippen molar-refractivity contribution < 1.29 is 19.1 Å². The van der Waals surface area contributed by atoms with Gasteiger partial charge in [0.1, 0.15) is 10.7 Å². The average molecular weight is 440 g/mol. The van der Waals surface area contributed by atoms with Gasteiger partial charge in [-0.3, -0.25) is 9.59 Å². The van der Waals surface area contributed by atoms with E-state index in [0.717, 1.165) is 5.56 Å². The van der Waals surface area contributed by atoms with Crippen molar-refractivity contribution >= 4 is 34.9 Å².